The molecular formula is C28H33N3O4S. The molecule has 0 spiro atoms. The quantitative estimate of drug-likeness (QED) is 0.481. The highest BCUT2D eigenvalue weighted by atomic mass is 32.2. The van der Waals surface area contributed by atoms with Gasteiger partial charge in [-0.3, -0.25) is 4.79 Å². The Hall–Kier alpha value is -3.23. The molecule has 1 atom stereocenters. The standard InChI is InChI=1S/C28H33N3O4S/c1-18-11-12-19(2)23(16-18)13-14-25-27(22(5)30-35-25)36(33,34)31-15-7-10-24(17-31)28(32)29-26-20(3)8-6-9-21(26)4/h6,8-9,11-14,16,24H,7,10,15,17H2,1-5H3,(H,29,32)/b14-13+/t24-/m1/s1. The number of nitrogens with zero attached hydrogens (tertiary/aromatic N) is 2. The summed E-state index contributed by atoms with van der Waals surface area (Å²) in [6, 6.07) is 11.9. The van der Waals surface area contributed by atoms with E-state index in [9.17, 15) is 13.2 Å². The number of aromatic nitrogens is 1. The molecular weight excluding hydrogens is 474 g/mol. The van der Waals surface area contributed by atoms with Gasteiger partial charge in [0.15, 0.2) is 10.7 Å². The van der Waals surface area contributed by atoms with E-state index in [4.69, 9.17) is 4.52 Å². The Bertz CT molecular complexity index is 1400. The number of hydrogen-bond acceptors (Lipinski definition) is 5. The highest BCUT2D eigenvalue weighted by molar-refractivity contribution is 7.89. The molecule has 4 rings (SSSR count). The number of aryl methyl sites for hydroxylation is 5. The normalized spacial score (nSPS) is 17.0. The van der Waals surface area contributed by atoms with Crippen molar-refractivity contribution in [1.29, 1.82) is 0 Å². The number of sulfonamides is 1. The van der Waals surface area contributed by atoms with Gasteiger partial charge < -0.3 is 9.84 Å². The maximum Gasteiger partial charge on any atom is 0.248 e. The summed E-state index contributed by atoms with van der Waals surface area (Å²) in [6.45, 7) is 9.99. The van der Waals surface area contributed by atoms with Crippen LogP contribution < -0.4 is 5.32 Å². The second-order valence-electron chi connectivity index (χ2n) is 9.61. The second-order valence-corrected chi connectivity index (χ2v) is 11.5. The molecule has 1 amide bonds. The van der Waals surface area contributed by atoms with Gasteiger partial charge in [0.25, 0.3) is 0 Å². The van der Waals surface area contributed by atoms with E-state index in [2.05, 4.69) is 10.5 Å². The number of nitrogens with one attached hydrogen (secondary N) is 1. The van der Waals surface area contributed by atoms with Gasteiger partial charge in [-0.15, -0.1) is 0 Å². The van der Waals surface area contributed by atoms with Crippen molar-refractivity contribution in [3.05, 3.63) is 75.7 Å². The van der Waals surface area contributed by atoms with E-state index in [1.165, 1.54) is 4.31 Å². The topological polar surface area (TPSA) is 92.5 Å². The van der Waals surface area contributed by atoms with Gasteiger partial charge >= 0.3 is 0 Å². The predicted molar refractivity (Wildman–Crippen MR) is 142 cm³/mol. The zero-order valence-electron chi connectivity index (χ0n) is 21.5. The minimum Gasteiger partial charge on any atom is -0.355 e. The summed E-state index contributed by atoms with van der Waals surface area (Å²) in [6.07, 6.45) is 4.73. The van der Waals surface area contributed by atoms with Crippen molar-refractivity contribution in [1.82, 2.24) is 9.46 Å². The van der Waals surface area contributed by atoms with Crippen LogP contribution in [0, 0.1) is 40.5 Å². The summed E-state index contributed by atoms with van der Waals surface area (Å²) in [5.41, 5.74) is 6.21. The van der Waals surface area contributed by atoms with Gasteiger partial charge in [0, 0.05) is 18.8 Å². The van der Waals surface area contributed by atoms with Crippen LogP contribution in [0.4, 0.5) is 5.69 Å². The molecule has 0 saturated carbocycles. The molecule has 0 aliphatic carbocycles. The lowest BCUT2D eigenvalue weighted by Crippen LogP contribution is -2.44. The summed E-state index contributed by atoms with van der Waals surface area (Å²) in [5, 5.41) is 6.97. The first-order valence-corrected chi connectivity index (χ1v) is 13.6. The number of para-hydroxylation sites is 1. The lowest BCUT2D eigenvalue weighted by molar-refractivity contribution is -0.120. The number of piperidine rings is 1. The van der Waals surface area contributed by atoms with Crippen LogP contribution in [-0.4, -0.2) is 36.9 Å². The number of carbonyl (C=O) groups is 1. The highest BCUT2D eigenvalue weighted by Crippen LogP contribution is 2.30. The summed E-state index contributed by atoms with van der Waals surface area (Å²) < 4.78 is 34.2. The van der Waals surface area contributed by atoms with Crippen LogP contribution >= 0.6 is 0 Å². The Labute approximate surface area is 213 Å². The zero-order valence-corrected chi connectivity index (χ0v) is 22.3. The van der Waals surface area contributed by atoms with Gasteiger partial charge in [0.05, 0.1) is 5.92 Å². The van der Waals surface area contributed by atoms with E-state index in [0.717, 1.165) is 33.5 Å². The van der Waals surface area contributed by atoms with Gasteiger partial charge in [-0.1, -0.05) is 53.2 Å². The third kappa shape index (κ3) is 5.29. The van der Waals surface area contributed by atoms with Crippen molar-refractivity contribution in [2.75, 3.05) is 18.4 Å². The van der Waals surface area contributed by atoms with Crippen molar-refractivity contribution in [2.45, 2.75) is 52.4 Å². The Balaban J connectivity index is 1.57. The molecule has 36 heavy (non-hydrogen) atoms. The molecule has 0 bridgehead atoms. The van der Waals surface area contributed by atoms with Crippen LogP contribution in [0.15, 0.2) is 45.8 Å². The van der Waals surface area contributed by atoms with Crippen molar-refractivity contribution in [2.24, 2.45) is 5.92 Å². The van der Waals surface area contributed by atoms with Gasteiger partial charge in [-0.2, -0.15) is 4.31 Å². The Morgan fingerprint density at radius 2 is 1.78 bits per heavy atom. The first kappa shape index (κ1) is 25.9. The minimum absolute atomic E-state index is 0.0554. The summed E-state index contributed by atoms with van der Waals surface area (Å²) in [7, 11) is -3.91. The van der Waals surface area contributed by atoms with E-state index in [-0.39, 0.29) is 23.1 Å². The largest absolute Gasteiger partial charge is 0.355 e. The van der Waals surface area contributed by atoms with Crippen LogP contribution in [0.5, 0.6) is 0 Å². The number of carbonyl (C=O) groups excluding carboxylic acids is 1. The molecule has 0 unspecified atom stereocenters. The molecule has 190 valence electrons. The Morgan fingerprint density at radius 3 is 2.50 bits per heavy atom. The molecule has 1 saturated heterocycles. The zero-order chi connectivity index (χ0) is 26.0. The van der Waals surface area contributed by atoms with Crippen LogP contribution in [0.2, 0.25) is 0 Å². The average molecular weight is 508 g/mol. The second kappa shape index (κ2) is 10.4. The third-order valence-corrected chi connectivity index (χ3v) is 8.79. The number of hydrogen-bond donors (Lipinski definition) is 1. The number of amides is 1. The molecule has 1 aliphatic heterocycles. The van der Waals surface area contributed by atoms with Crippen molar-refractivity contribution in [3.8, 4) is 0 Å². The fraction of sp³-hybridized carbons (Fsp3) is 0.357. The van der Waals surface area contributed by atoms with Gasteiger partial charge in [0.2, 0.25) is 15.9 Å². The maximum atomic E-state index is 13.7. The van der Waals surface area contributed by atoms with E-state index < -0.39 is 15.9 Å². The molecule has 7 nitrogen and oxygen atoms in total. The number of rotatable bonds is 6. The van der Waals surface area contributed by atoms with Crippen LogP contribution in [0.3, 0.4) is 0 Å². The molecule has 1 aliphatic rings. The van der Waals surface area contributed by atoms with Gasteiger partial charge in [-0.05, 0) is 75.8 Å². The Kier molecular flexibility index (Phi) is 7.47. The molecule has 0 radical (unpaired) electrons. The van der Waals surface area contributed by atoms with Crippen LogP contribution in [-0.2, 0) is 14.8 Å². The van der Waals surface area contributed by atoms with E-state index >= 15 is 0 Å². The average Bonchev–Trinajstić information content (AvgIpc) is 3.23. The highest BCUT2D eigenvalue weighted by Gasteiger charge is 2.37. The maximum absolute atomic E-state index is 13.7. The molecule has 2 heterocycles. The predicted octanol–water partition coefficient (Wildman–Crippen LogP) is 5.43. The van der Waals surface area contributed by atoms with E-state index in [0.29, 0.717) is 25.1 Å². The first-order valence-electron chi connectivity index (χ1n) is 12.2. The SMILES string of the molecule is Cc1ccc(C)c(/C=C/c2onc(C)c2S(=O)(=O)N2CCC[C@@H](C(=O)Nc3c(C)cccc3C)C2)c1. The van der Waals surface area contributed by atoms with Crippen molar-refractivity contribution in [3.63, 3.8) is 0 Å². The molecule has 2 aromatic carbocycles. The first-order chi connectivity index (χ1) is 17.1. The van der Waals surface area contributed by atoms with Gasteiger partial charge in [0.1, 0.15) is 5.69 Å². The third-order valence-electron chi connectivity index (χ3n) is 6.76. The van der Waals surface area contributed by atoms with Crippen LogP contribution in [0.1, 0.15) is 52.1 Å². The Morgan fingerprint density at radius 1 is 1.06 bits per heavy atom. The molecule has 8 heteroatoms. The van der Waals surface area contributed by atoms with Crippen molar-refractivity contribution >= 4 is 33.8 Å². The van der Waals surface area contributed by atoms with Gasteiger partial charge in [-0.25, -0.2) is 8.42 Å². The minimum atomic E-state index is -3.91. The lowest BCUT2D eigenvalue weighted by Gasteiger charge is -2.31. The van der Waals surface area contributed by atoms with Crippen molar-refractivity contribution < 1.29 is 17.7 Å². The molecule has 1 N–H and O–H groups in total. The summed E-state index contributed by atoms with van der Waals surface area (Å²) in [5.74, 6) is -0.415. The summed E-state index contributed by atoms with van der Waals surface area (Å²) in [4.78, 5) is 13.2. The van der Waals surface area contributed by atoms with Crippen LogP contribution in [0.25, 0.3) is 12.2 Å². The van der Waals surface area contributed by atoms with E-state index in [1.54, 1.807) is 13.0 Å². The number of anilines is 1. The summed E-state index contributed by atoms with van der Waals surface area (Å²) >= 11 is 0. The fourth-order valence-electron chi connectivity index (χ4n) is 4.64. The molecule has 1 aromatic heterocycles. The monoisotopic (exact) mass is 507 g/mol. The van der Waals surface area contributed by atoms with E-state index in [1.807, 2.05) is 70.2 Å². The fourth-order valence-corrected chi connectivity index (χ4v) is 6.42. The molecule has 3 aromatic rings. The smallest absolute Gasteiger partial charge is 0.248 e. The lowest BCUT2D eigenvalue weighted by atomic mass is 9.98. The molecule has 1 fully saturated rings. The number of benzene rings is 2.